The van der Waals surface area contributed by atoms with Gasteiger partial charge in [0.2, 0.25) is 0 Å². The predicted octanol–water partition coefficient (Wildman–Crippen LogP) is 2.81. The molecule has 1 saturated heterocycles. The number of fused-ring (bicyclic) bond motifs is 1. The molecule has 0 aliphatic carbocycles. The normalized spacial score (nSPS) is 18.3. The maximum Gasteiger partial charge on any atom is 0.295 e. The van der Waals surface area contributed by atoms with Crippen LogP contribution in [0, 0.1) is 6.92 Å². The summed E-state index contributed by atoms with van der Waals surface area (Å²) < 4.78 is 6.78. The molecule has 1 amide bonds. The molecule has 3 heterocycles. The van der Waals surface area contributed by atoms with Gasteiger partial charge in [0.1, 0.15) is 17.1 Å². The van der Waals surface area contributed by atoms with Crippen molar-refractivity contribution in [3.8, 4) is 5.75 Å². The van der Waals surface area contributed by atoms with Gasteiger partial charge < -0.3 is 19.8 Å². The molecule has 8 nitrogen and oxygen atoms in total. The molecule has 2 aromatic heterocycles. The Bertz CT molecular complexity index is 1180. The number of aryl methyl sites for hydroxylation is 1. The van der Waals surface area contributed by atoms with Gasteiger partial charge in [0.15, 0.2) is 5.76 Å². The first kappa shape index (κ1) is 20.6. The van der Waals surface area contributed by atoms with Crippen LogP contribution in [0.2, 0.25) is 0 Å². The Hall–Kier alpha value is -3.65. The molecule has 4 rings (SSSR count). The van der Waals surface area contributed by atoms with E-state index >= 15 is 0 Å². The summed E-state index contributed by atoms with van der Waals surface area (Å²) in [5.41, 5.74) is 2.15. The van der Waals surface area contributed by atoms with Crippen LogP contribution in [-0.2, 0) is 14.3 Å². The van der Waals surface area contributed by atoms with Crippen molar-refractivity contribution in [1.29, 1.82) is 0 Å². The predicted molar refractivity (Wildman–Crippen MR) is 114 cm³/mol. The molecule has 160 valence electrons. The molecule has 0 bridgehead atoms. The Balaban J connectivity index is 1.90. The number of aliphatic hydroxyl groups excluding tert-OH is 1. The molecule has 0 spiro atoms. The number of likely N-dealkylation sites (tertiary alicyclic amines) is 1. The Morgan fingerprint density at radius 3 is 2.61 bits per heavy atom. The number of phenols is 1. The maximum atomic E-state index is 13.1. The van der Waals surface area contributed by atoms with E-state index in [0.29, 0.717) is 35.6 Å². The van der Waals surface area contributed by atoms with Gasteiger partial charge in [-0.1, -0.05) is 18.2 Å². The fourth-order valence-corrected chi connectivity index (χ4v) is 4.02. The van der Waals surface area contributed by atoms with E-state index in [0.717, 1.165) is 0 Å². The zero-order valence-electron chi connectivity index (χ0n) is 17.3. The van der Waals surface area contributed by atoms with Crippen molar-refractivity contribution < 1.29 is 24.5 Å². The number of ketones is 1. The highest BCUT2D eigenvalue weighted by Crippen LogP contribution is 2.40. The second kappa shape index (κ2) is 8.23. The molecule has 0 saturated carbocycles. The number of hydrogen-bond donors (Lipinski definition) is 2. The summed E-state index contributed by atoms with van der Waals surface area (Å²) in [6.07, 6.45) is 2.28. The summed E-state index contributed by atoms with van der Waals surface area (Å²) in [5.74, 6) is -1.64. The number of nitrogens with zero attached hydrogens (tertiary/aromatic N) is 3. The van der Waals surface area contributed by atoms with Gasteiger partial charge in [0.25, 0.3) is 11.7 Å². The molecule has 2 N–H and O–H groups in total. The molecule has 31 heavy (non-hydrogen) atoms. The smallest absolute Gasteiger partial charge is 0.295 e. The van der Waals surface area contributed by atoms with E-state index in [2.05, 4.69) is 4.98 Å². The minimum absolute atomic E-state index is 0.00172. The van der Waals surface area contributed by atoms with Crippen molar-refractivity contribution >= 4 is 23.1 Å². The number of aromatic hydroxyl groups is 1. The van der Waals surface area contributed by atoms with Gasteiger partial charge in [-0.15, -0.1) is 0 Å². The average Bonchev–Trinajstić information content (AvgIpc) is 3.22. The van der Waals surface area contributed by atoms with Crippen LogP contribution in [-0.4, -0.2) is 56.4 Å². The topological polar surface area (TPSA) is 104 Å². The molecule has 8 heteroatoms. The fourth-order valence-electron chi connectivity index (χ4n) is 4.02. The van der Waals surface area contributed by atoms with Crippen LogP contribution in [0.25, 0.3) is 11.4 Å². The lowest BCUT2D eigenvalue weighted by Crippen LogP contribution is -2.31. The number of Topliss-reactive ketones (excluding diaryl/α,β-unsaturated/α-hetero) is 1. The molecule has 1 aromatic carbocycles. The van der Waals surface area contributed by atoms with E-state index in [1.807, 2.05) is 6.07 Å². The van der Waals surface area contributed by atoms with Gasteiger partial charge in [-0.05, 0) is 43.2 Å². The average molecular weight is 421 g/mol. The van der Waals surface area contributed by atoms with Crippen LogP contribution in [0.15, 0.2) is 54.2 Å². The minimum Gasteiger partial charge on any atom is -0.508 e. The number of amides is 1. The molecular formula is C23H23N3O5. The summed E-state index contributed by atoms with van der Waals surface area (Å²) in [4.78, 5) is 31.9. The molecule has 1 aliphatic rings. The molecular weight excluding hydrogens is 398 g/mol. The molecule has 1 atom stereocenters. The zero-order valence-corrected chi connectivity index (χ0v) is 17.3. The number of ether oxygens (including phenoxy) is 1. The number of methoxy groups -OCH3 is 1. The molecule has 1 unspecified atom stereocenters. The summed E-state index contributed by atoms with van der Waals surface area (Å²) in [6.45, 7) is 2.46. The number of phenolic OH excluding ortho intramolecular Hbond substituents is 1. The summed E-state index contributed by atoms with van der Waals surface area (Å²) in [6, 6.07) is 10.9. The van der Waals surface area contributed by atoms with Crippen molar-refractivity contribution in [2.75, 3.05) is 20.3 Å². The van der Waals surface area contributed by atoms with Crippen molar-refractivity contribution in [3.05, 3.63) is 71.2 Å². The number of benzene rings is 1. The molecule has 3 aromatic rings. The van der Waals surface area contributed by atoms with Gasteiger partial charge in [-0.3, -0.25) is 14.0 Å². The standard InChI is InChI=1S/C23H23N3O5/c1-14-19(25-11-4-3-6-17(25)24-14)21(28)18-20(15-7-9-16(27)10-8-15)26(12-5-13-31-2)23(30)22(18)29/h3-4,6-11,20,27-28H,5,12-13H2,1-2H3/b21-18+. The Morgan fingerprint density at radius 1 is 1.16 bits per heavy atom. The van der Waals surface area contributed by atoms with Gasteiger partial charge in [-0.25, -0.2) is 4.98 Å². The number of aromatic nitrogens is 2. The van der Waals surface area contributed by atoms with E-state index in [4.69, 9.17) is 4.74 Å². The Kier molecular flexibility index (Phi) is 5.48. The number of pyridine rings is 1. The third kappa shape index (κ3) is 3.55. The lowest BCUT2D eigenvalue weighted by Gasteiger charge is -2.25. The monoisotopic (exact) mass is 421 g/mol. The highest BCUT2D eigenvalue weighted by molar-refractivity contribution is 6.46. The van der Waals surface area contributed by atoms with Gasteiger partial charge >= 0.3 is 0 Å². The second-order valence-corrected chi connectivity index (χ2v) is 7.41. The third-order valence-electron chi connectivity index (χ3n) is 5.42. The van der Waals surface area contributed by atoms with Crippen LogP contribution in [0.1, 0.15) is 29.4 Å². The van der Waals surface area contributed by atoms with Gasteiger partial charge in [0, 0.05) is 26.5 Å². The minimum atomic E-state index is -0.786. The number of imidazole rings is 1. The number of aliphatic hydroxyl groups is 1. The first-order valence-corrected chi connectivity index (χ1v) is 9.94. The highest BCUT2D eigenvalue weighted by Gasteiger charge is 2.46. The van der Waals surface area contributed by atoms with Crippen molar-refractivity contribution in [1.82, 2.24) is 14.3 Å². The SMILES string of the molecule is COCCCN1C(=O)C(=O)/C(=C(/O)c2c(C)nc3ccccn23)C1c1ccc(O)cc1. The maximum absolute atomic E-state index is 13.1. The van der Waals surface area contributed by atoms with Crippen LogP contribution in [0.5, 0.6) is 5.75 Å². The highest BCUT2D eigenvalue weighted by atomic mass is 16.5. The number of carbonyl (C=O) groups is 2. The first-order chi connectivity index (χ1) is 14.9. The Morgan fingerprint density at radius 2 is 1.90 bits per heavy atom. The van der Waals surface area contributed by atoms with Gasteiger partial charge in [-0.2, -0.15) is 0 Å². The van der Waals surface area contributed by atoms with E-state index in [9.17, 15) is 19.8 Å². The second-order valence-electron chi connectivity index (χ2n) is 7.41. The summed E-state index contributed by atoms with van der Waals surface area (Å²) in [5, 5.41) is 21.0. The first-order valence-electron chi connectivity index (χ1n) is 9.94. The van der Waals surface area contributed by atoms with Crippen molar-refractivity contribution in [3.63, 3.8) is 0 Å². The van der Waals surface area contributed by atoms with E-state index < -0.39 is 17.7 Å². The zero-order chi connectivity index (χ0) is 22.1. The van der Waals surface area contributed by atoms with E-state index in [-0.39, 0.29) is 23.6 Å². The molecule has 1 fully saturated rings. The summed E-state index contributed by atoms with van der Waals surface area (Å²) >= 11 is 0. The van der Waals surface area contributed by atoms with Crippen LogP contribution < -0.4 is 0 Å². The van der Waals surface area contributed by atoms with E-state index in [1.54, 1.807) is 48.9 Å². The fraction of sp³-hybridized carbons (Fsp3) is 0.261. The lowest BCUT2D eigenvalue weighted by molar-refractivity contribution is -0.140. The van der Waals surface area contributed by atoms with Crippen molar-refractivity contribution in [2.24, 2.45) is 0 Å². The molecule has 1 aliphatic heterocycles. The molecule has 0 radical (unpaired) electrons. The van der Waals surface area contributed by atoms with Crippen LogP contribution in [0.3, 0.4) is 0 Å². The Labute approximate surface area is 179 Å². The number of carbonyl (C=O) groups excluding carboxylic acids is 2. The van der Waals surface area contributed by atoms with E-state index in [1.165, 1.54) is 17.0 Å². The number of rotatable bonds is 6. The van der Waals surface area contributed by atoms with Crippen LogP contribution in [0.4, 0.5) is 0 Å². The largest absolute Gasteiger partial charge is 0.508 e. The lowest BCUT2D eigenvalue weighted by atomic mass is 9.96. The van der Waals surface area contributed by atoms with Crippen LogP contribution >= 0.6 is 0 Å². The summed E-state index contributed by atoms with van der Waals surface area (Å²) in [7, 11) is 1.57. The van der Waals surface area contributed by atoms with Gasteiger partial charge in [0.05, 0.1) is 17.3 Å². The number of hydrogen-bond acceptors (Lipinski definition) is 6. The van der Waals surface area contributed by atoms with Crippen molar-refractivity contribution in [2.45, 2.75) is 19.4 Å². The quantitative estimate of drug-likeness (QED) is 0.275. The third-order valence-corrected chi connectivity index (χ3v) is 5.42.